The Kier molecular flexibility index (Phi) is 6.91. The zero-order valence-electron chi connectivity index (χ0n) is 17.3. The van der Waals surface area contributed by atoms with Gasteiger partial charge in [-0.3, -0.25) is 9.97 Å². The summed E-state index contributed by atoms with van der Waals surface area (Å²) >= 11 is 0. The minimum Gasteiger partial charge on any atom is -0.317 e. The Hall–Kier alpha value is -2.68. The van der Waals surface area contributed by atoms with Crippen LogP contribution in [-0.2, 0) is 25.5 Å². The molecule has 153 valence electrons. The summed E-state index contributed by atoms with van der Waals surface area (Å²) < 4.78 is 0. The number of pyridine rings is 3. The van der Waals surface area contributed by atoms with Crippen molar-refractivity contribution in [2.75, 3.05) is 0 Å². The number of nitrogens with zero attached hydrogens (tertiary/aromatic N) is 3. The first kappa shape index (κ1) is 22.0. The van der Waals surface area contributed by atoms with E-state index >= 15 is 0 Å². The Morgan fingerprint density at radius 3 is 2.30 bits per heavy atom. The molecule has 0 amide bonds. The smallest absolute Gasteiger partial charge is 0.0494 e. The Morgan fingerprint density at radius 1 is 0.833 bits per heavy atom. The van der Waals surface area contributed by atoms with E-state index in [1.54, 1.807) is 12.4 Å². The summed E-state index contributed by atoms with van der Waals surface area (Å²) in [6, 6.07) is 28.9. The van der Waals surface area contributed by atoms with Crippen LogP contribution in [0.4, 0.5) is 0 Å². The van der Waals surface area contributed by atoms with Crippen LogP contribution in [0.25, 0.3) is 11.3 Å². The number of hydrogen-bond donors (Lipinski definition) is 0. The van der Waals surface area contributed by atoms with Crippen LogP contribution >= 0.6 is 0 Å². The molecule has 3 aromatic heterocycles. The van der Waals surface area contributed by atoms with Crippen molar-refractivity contribution in [2.24, 2.45) is 0 Å². The summed E-state index contributed by atoms with van der Waals surface area (Å²) in [7, 11) is 0. The van der Waals surface area contributed by atoms with Crippen molar-refractivity contribution in [1.29, 1.82) is 0 Å². The van der Waals surface area contributed by atoms with Crippen molar-refractivity contribution < 1.29 is 20.1 Å². The molecule has 1 atom stereocenters. The molecular weight excluding hydrogens is 547 g/mol. The average Bonchev–Trinajstić information content (AvgIpc) is 2.80. The van der Waals surface area contributed by atoms with Gasteiger partial charge in [-0.05, 0) is 36.3 Å². The van der Waals surface area contributed by atoms with E-state index in [0.29, 0.717) is 0 Å². The molecule has 0 aliphatic carbocycles. The second kappa shape index (κ2) is 9.42. The zero-order chi connectivity index (χ0) is 20.3. The molecule has 4 rings (SSSR count). The third kappa shape index (κ3) is 4.56. The van der Waals surface area contributed by atoms with Gasteiger partial charge < -0.3 is 4.98 Å². The van der Waals surface area contributed by atoms with Gasteiger partial charge in [0.25, 0.3) is 0 Å². The zero-order valence-corrected chi connectivity index (χ0v) is 19.7. The summed E-state index contributed by atoms with van der Waals surface area (Å²) in [5.74, 6) is 0.0762. The predicted octanol–water partition coefficient (Wildman–Crippen LogP) is 5.61. The Labute approximate surface area is 192 Å². The molecule has 1 aromatic carbocycles. The van der Waals surface area contributed by atoms with E-state index in [2.05, 4.69) is 68.2 Å². The largest absolute Gasteiger partial charge is 0.317 e. The summed E-state index contributed by atoms with van der Waals surface area (Å²) in [4.78, 5) is 13.9. The van der Waals surface area contributed by atoms with Gasteiger partial charge >= 0.3 is 0 Å². The van der Waals surface area contributed by atoms with Crippen LogP contribution < -0.4 is 0 Å². The molecule has 3 heterocycles. The van der Waals surface area contributed by atoms with Gasteiger partial charge in [0.1, 0.15) is 0 Å². The van der Waals surface area contributed by atoms with E-state index in [1.807, 2.05) is 36.4 Å². The summed E-state index contributed by atoms with van der Waals surface area (Å²) in [6.07, 6.45) is 3.43. The maximum absolute atomic E-state index is 5.02. The van der Waals surface area contributed by atoms with Crippen LogP contribution in [0.5, 0.6) is 0 Å². The number of hydrogen-bond acceptors (Lipinski definition) is 3. The third-order valence-corrected chi connectivity index (χ3v) is 5.35. The standard InChI is InChI=1S/C26H23N3.Ir/c1-19(22-11-7-13-24(28-22)20-15-17-27-18-16-20)23-12-8-14-25(29-23)26(2,3)21-9-5-4-6-10-21;/h4-9,11-15,17-19H,1-3H3;/q-2;. The first-order valence-corrected chi connectivity index (χ1v) is 9.79. The summed E-state index contributed by atoms with van der Waals surface area (Å²) in [6.45, 7) is 6.53. The molecule has 0 saturated heterocycles. The monoisotopic (exact) mass is 570 g/mol. The van der Waals surface area contributed by atoms with E-state index in [1.165, 1.54) is 0 Å². The van der Waals surface area contributed by atoms with Crippen molar-refractivity contribution in [3.05, 3.63) is 114 Å². The molecule has 0 N–H and O–H groups in total. The van der Waals surface area contributed by atoms with Gasteiger partial charge in [0, 0.05) is 48.5 Å². The molecule has 0 bridgehead atoms. The van der Waals surface area contributed by atoms with Gasteiger partial charge in [-0.2, -0.15) is 47.5 Å². The first-order valence-electron chi connectivity index (χ1n) is 9.79. The minimum absolute atomic E-state index is 0. The van der Waals surface area contributed by atoms with Crippen molar-refractivity contribution >= 4 is 0 Å². The summed E-state index contributed by atoms with van der Waals surface area (Å²) in [5, 5.41) is 0. The molecule has 30 heavy (non-hydrogen) atoms. The first-order chi connectivity index (χ1) is 14.1. The molecule has 3 nitrogen and oxygen atoms in total. The van der Waals surface area contributed by atoms with Crippen LogP contribution in [0, 0.1) is 12.1 Å². The SMILES string of the molecule is CC(c1cccc(-c2[c-]cncc2)n1)c1cccc(C(C)(C)c2[c-]cccc2)n1.[Ir]. The van der Waals surface area contributed by atoms with Gasteiger partial charge in [-0.15, -0.1) is 6.07 Å². The Morgan fingerprint density at radius 2 is 1.60 bits per heavy atom. The van der Waals surface area contributed by atoms with E-state index in [-0.39, 0.29) is 31.4 Å². The molecule has 0 fully saturated rings. The van der Waals surface area contributed by atoms with Crippen molar-refractivity contribution in [2.45, 2.75) is 32.1 Å². The predicted molar refractivity (Wildman–Crippen MR) is 115 cm³/mol. The second-order valence-corrected chi connectivity index (χ2v) is 7.67. The van der Waals surface area contributed by atoms with Crippen molar-refractivity contribution in [3.63, 3.8) is 0 Å². The normalized spacial score (nSPS) is 12.1. The topological polar surface area (TPSA) is 38.7 Å². The fourth-order valence-corrected chi connectivity index (χ4v) is 3.43. The minimum atomic E-state index is -0.224. The summed E-state index contributed by atoms with van der Waals surface area (Å²) in [5.41, 5.74) is 5.77. The van der Waals surface area contributed by atoms with E-state index in [0.717, 1.165) is 33.9 Å². The van der Waals surface area contributed by atoms with E-state index in [9.17, 15) is 0 Å². The van der Waals surface area contributed by atoms with E-state index in [4.69, 9.17) is 9.97 Å². The van der Waals surface area contributed by atoms with Crippen LogP contribution in [0.15, 0.2) is 79.1 Å². The van der Waals surface area contributed by atoms with Crippen molar-refractivity contribution in [3.8, 4) is 11.3 Å². The molecule has 0 aliphatic rings. The Bertz CT molecular complexity index is 1100. The van der Waals surface area contributed by atoms with Gasteiger partial charge in [-0.1, -0.05) is 39.0 Å². The molecule has 1 radical (unpaired) electrons. The van der Waals surface area contributed by atoms with Crippen LogP contribution in [0.3, 0.4) is 0 Å². The maximum atomic E-state index is 5.02. The van der Waals surface area contributed by atoms with Gasteiger partial charge in [0.05, 0.1) is 0 Å². The molecule has 1 unspecified atom stereocenters. The second-order valence-electron chi connectivity index (χ2n) is 7.67. The maximum Gasteiger partial charge on any atom is 0.0494 e. The fourth-order valence-electron chi connectivity index (χ4n) is 3.43. The Balaban J connectivity index is 0.00000256. The molecule has 0 aliphatic heterocycles. The third-order valence-electron chi connectivity index (χ3n) is 5.35. The fraction of sp³-hybridized carbons (Fsp3) is 0.192. The quantitative estimate of drug-likeness (QED) is 0.293. The molecule has 0 saturated carbocycles. The van der Waals surface area contributed by atoms with E-state index < -0.39 is 0 Å². The molecule has 0 spiro atoms. The number of rotatable bonds is 5. The van der Waals surface area contributed by atoms with Crippen molar-refractivity contribution in [1.82, 2.24) is 15.0 Å². The number of benzene rings is 1. The van der Waals surface area contributed by atoms with Gasteiger partial charge in [0.2, 0.25) is 0 Å². The van der Waals surface area contributed by atoms with Crippen LogP contribution in [0.2, 0.25) is 0 Å². The van der Waals surface area contributed by atoms with Gasteiger partial charge in [0.15, 0.2) is 0 Å². The average molecular weight is 570 g/mol. The van der Waals surface area contributed by atoms with Crippen LogP contribution in [0.1, 0.15) is 49.3 Å². The molecule has 4 heteroatoms. The molecule has 4 aromatic rings. The number of aromatic nitrogens is 3. The van der Waals surface area contributed by atoms with Crippen LogP contribution in [-0.4, -0.2) is 15.0 Å². The molecular formula is C26H23IrN3-2. The van der Waals surface area contributed by atoms with Gasteiger partial charge in [-0.25, -0.2) is 0 Å².